The first-order valence-electron chi connectivity index (χ1n) is 3.08. The molecule has 0 radical (unpaired) electrons. The summed E-state index contributed by atoms with van der Waals surface area (Å²) in [5, 5.41) is 0. The Morgan fingerprint density at radius 3 is 2.56 bits per heavy atom. The Balaban J connectivity index is 3.51. The number of hydrogen-bond acceptors (Lipinski definition) is 2. The van der Waals surface area contributed by atoms with Gasteiger partial charge in [-0.3, -0.25) is 0 Å². The highest BCUT2D eigenvalue weighted by molar-refractivity contribution is 6.77. The predicted octanol–water partition coefficient (Wildman–Crippen LogP) is 0.250. The van der Waals surface area contributed by atoms with E-state index in [1.165, 1.54) is 12.3 Å². The lowest BCUT2D eigenvalue weighted by molar-refractivity contribution is -0.108. The molecule has 0 aliphatic rings. The van der Waals surface area contributed by atoms with Crippen LogP contribution in [0.5, 0.6) is 0 Å². The van der Waals surface area contributed by atoms with E-state index in [4.69, 9.17) is 5.73 Å². The maximum Gasteiger partial charge on any atom is 0.213 e. The molecule has 2 nitrogen and oxygen atoms in total. The third-order valence-electron chi connectivity index (χ3n) is 0.892. The van der Waals surface area contributed by atoms with Gasteiger partial charge in [-0.15, -0.1) is 0 Å². The first-order chi connectivity index (χ1) is 4.16. The summed E-state index contributed by atoms with van der Waals surface area (Å²) < 4.78 is 0. The van der Waals surface area contributed by atoms with E-state index in [2.05, 4.69) is 0 Å². The van der Waals surface area contributed by atoms with Crippen molar-refractivity contribution in [2.45, 2.75) is 19.7 Å². The van der Waals surface area contributed by atoms with E-state index in [9.17, 15) is 4.79 Å². The predicted molar refractivity (Wildman–Crippen MR) is 40.6 cm³/mol. The van der Waals surface area contributed by atoms with Gasteiger partial charge in [-0.25, -0.2) is 0 Å². The van der Waals surface area contributed by atoms with Crippen molar-refractivity contribution in [3.63, 3.8) is 0 Å². The normalized spacial score (nSPS) is 10.6. The minimum Gasteiger partial charge on any atom is -0.405 e. The summed E-state index contributed by atoms with van der Waals surface area (Å²) in [6.45, 7) is 4.00. The second kappa shape index (κ2) is 4.18. The zero-order chi connectivity index (χ0) is 7.28. The van der Waals surface area contributed by atoms with Crippen LogP contribution in [0, 0.1) is 0 Å². The van der Waals surface area contributed by atoms with Gasteiger partial charge in [-0.2, -0.15) is 0 Å². The van der Waals surface area contributed by atoms with Gasteiger partial charge in [0.2, 0.25) is 7.28 Å². The summed E-state index contributed by atoms with van der Waals surface area (Å²) in [4.78, 5) is 10.7. The Hall–Kier alpha value is -0.725. The van der Waals surface area contributed by atoms with Gasteiger partial charge in [0.1, 0.15) is 5.68 Å². The molecule has 50 valence electrons. The Morgan fingerprint density at radius 1 is 1.67 bits per heavy atom. The van der Waals surface area contributed by atoms with Gasteiger partial charge in [0.25, 0.3) is 0 Å². The second-order valence-electron chi connectivity index (χ2n) is 2.42. The van der Waals surface area contributed by atoms with E-state index >= 15 is 0 Å². The molecule has 0 bridgehead atoms. The molecule has 2 N–H and O–H groups in total. The molecule has 0 aliphatic heterocycles. The lowest BCUT2D eigenvalue weighted by atomic mass is 9.63. The molecule has 0 spiro atoms. The maximum atomic E-state index is 10.7. The third kappa shape index (κ3) is 5.14. The Kier molecular flexibility index (Phi) is 3.85. The number of allylic oxidation sites excluding steroid dienone is 1. The van der Waals surface area contributed by atoms with Crippen LogP contribution in [0.25, 0.3) is 0 Å². The summed E-state index contributed by atoms with van der Waals surface area (Å²) >= 11 is 0. The topological polar surface area (TPSA) is 43.1 Å². The van der Waals surface area contributed by atoms with Gasteiger partial charge in [-0.1, -0.05) is 19.7 Å². The largest absolute Gasteiger partial charge is 0.405 e. The number of carbonyl (C=O) groups is 1. The molecule has 0 rings (SSSR count). The van der Waals surface area contributed by atoms with Gasteiger partial charge < -0.3 is 10.5 Å². The van der Waals surface area contributed by atoms with E-state index in [1.807, 2.05) is 13.8 Å². The van der Waals surface area contributed by atoms with Crippen molar-refractivity contribution in [1.29, 1.82) is 0 Å². The third-order valence-corrected chi connectivity index (χ3v) is 0.892. The van der Waals surface area contributed by atoms with Crippen LogP contribution < -0.4 is 5.73 Å². The van der Waals surface area contributed by atoms with Crippen LogP contribution in [-0.2, 0) is 4.79 Å². The molecule has 0 aromatic carbocycles. The fourth-order valence-corrected chi connectivity index (χ4v) is 0.578. The van der Waals surface area contributed by atoms with Crippen molar-refractivity contribution < 1.29 is 4.79 Å². The van der Waals surface area contributed by atoms with Crippen molar-refractivity contribution in [2.75, 3.05) is 0 Å². The molecule has 0 unspecified atom stereocenters. The first kappa shape index (κ1) is 8.27. The molecule has 0 atom stereocenters. The number of nitrogens with two attached hydrogens (primary N) is 1. The molecule has 0 fully saturated rings. The van der Waals surface area contributed by atoms with E-state index in [1.54, 1.807) is 0 Å². The van der Waals surface area contributed by atoms with Crippen LogP contribution in [-0.4, -0.2) is 13.0 Å². The van der Waals surface area contributed by atoms with Crippen LogP contribution in [0.1, 0.15) is 13.8 Å². The zero-order valence-corrected chi connectivity index (χ0v) is 5.92. The number of carbonyl (C=O) groups excluding carboxylic acids is 1. The van der Waals surface area contributed by atoms with Gasteiger partial charge >= 0.3 is 0 Å². The van der Waals surface area contributed by atoms with Crippen molar-refractivity contribution in [3.8, 4) is 0 Å². The molecule has 0 saturated heterocycles. The van der Waals surface area contributed by atoms with Gasteiger partial charge in [0.15, 0.2) is 0 Å². The molecular weight excluding hydrogens is 113 g/mol. The quantitative estimate of drug-likeness (QED) is 0.434. The molecule has 3 heteroatoms. The zero-order valence-electron chi connectivity index (χ0n) is 5.92. The summed E-state index contributed by atoms with van der Waals surface area (Å²) in [6.07, 6.45) is 2.69. The summed E-state index contributed by atoms with van der Waals surface area (Å²) in [7, 11) is 0.591. The highest BCUT2D eigenvalue weighted by Gasteiger charge is 2.02. The molecule has 0 amide bonds. The van der Waals surface area contributed by atoms with Crippen molar-refractivity contribution in [1.82, 2.24) is 0 Å². The van der Waals surface area contributed by atoms with Gasteiger partial charge in [-0.05, 0) is 12.3 Å². The van der Waals surface area contributed by atoms with Crippen LogP contribution in [0.15, 0.2) is 12.3 Å². The van der Waals surface area contributed by atoms with E-state index < -0.39 is 0 Å². The van der Waals surface area contributed by atoms with E-state index in [0.717, 1.165) is 0 Å². The van der Waals surface area contributed by atoms with Gasteiger partial charge in [0, 0.05) is 0 Å². The monoisotopic (exact) mass is 125 g/mol. The first-order valence-corrected chi connectivity index (χ1v) is 3.08. The molecular formula is C6H12BNO. The van der Waals surface area contributed by atoms with Crippen LogP contribution in [0.2, 0.25) is 5.82 Å². The Bertz CT molecular complexity index is 120. The fourth-order valence-electron chi connectivity index (χ4n) is 0.578. The van der Waals surface area contributed by atoms with Crippen LogP contribution in [0.4, 0.5) is 0 Å². The summed E-state index contributed by atoms with van der Waals surface area (Å²) in [6, 6.07) is 0. The molecule has 0 aliphatic carbocycles. The minimum absolute atomic E-state index is 0.104. The SMILES string of the molecule is CC(C)BC(=O)/C=C/N. The van der Waals surface area contributed by atoms with Crippen molar-refractivity contribution in [2.24, 2.45) is 5.73 Å². The Morgan fingerprint density at radius 2 is 2.22 bits per heavy atom. The lowest BCUT2D eigenvalue weighted by Crippen LogP contribution is -2.08. The molecule has 0 saturated carbocycles. The number of rotatable bonds is 3. The molecule has 0 heterocycles. The summed E-state index contributed by atoms with van der Waals surface area (Å²) in [5.41, 5.74) is 5.11. The Labute approximate surface area is 56.4 Å². The van der Waals surface area contributed by atoms with E-state index in [-0.39, 0.29) is 5.68 Å². The highest BCUT2D eigenvalue weighted by atomic mass is 16.1. The number of hydrogen-bond donors (Lipinski definition) is 1. The minimum atomic E-state index is 0.104. The molecule has 0 aromatic rings. The standard InChI is InChI=1S/C6H12BNO/c1-5(2)7-6(9)3-4-8/h3-5,7H,8H2,1-2H3/b4-3+. The van der Waals surface area contributed by atoms with E-state index in [0.29, 0.717) is 13.1 Å². The lowest BCUT2D eigenvalue weighted by Gasteiger charge is -1.94. The summed E-state index contributed by atoms with van der Waals surface area (Å²) in [5.74, 6) is 0.425. The van der Waals surface area contributed by atoms with Gasteiger partial charge in [0.05, 0.1) is 0 Å². The van der Waals surface area contributed by atoms with Crippen LogP contribution >= 0.6 is 0 Å². The average Bonchev–Trinajstić information content (AvgIpc) is 1.63. The highest BCUT2D eigenvalue weighted by Crippen LogP contribution is 1.96. The molecule has 9 heavy (non-hydrogen) atoms. The van der Waals surface area contributed by atoms with Crippen molar-refractivity contribution >= 4 is 13.0 Å². The van der Waals surface area contributed by atoms with Crippen molar-refractivity contribution in [3.05, 3.63) is 12.3 Å². The molecule has 0 aromatic heterocycles. The van der Waals surface area contributed by atoms with Crippen LogP contribution in [0.3, 0.4) is 0 Å². The fraction of sp³-hybridized carbons (Fsp3) is 0.500. The smallest absolute Gasteiger partial charge is 0.213 e. The maximum absolute atomic E-state index is 10.7. The average molecular weight is 125 g/mol. The second-order valence-corrected chi connectivity index (χ2v) is 2.42.